The van der Waals surface area contributed by atoms with Crippen LogP contribution in [0.15, 0.2) is 39.8 Å². The summed E-state index contributed by atoms with van der Waals surface area (Å²) in [5.74, 6) is 5.26. The van der Waals surface area contributed by atoms with Crippen molar-refractivity contribution in [2.45, 2.75) is 13.5 Å². The first-order chi connectivity index (χ1) is 7.74. The van der Waals surface area contributed by atoms with E-state index in [4.69, 9.17) is 10.4 Å². The van der Waals surface area contributed by atoms with Crippen LogP contribution in [-0.4, -0.2) is 4.74 Å². The van der Waals surface area contributed by atoms with Gasteiger partial charge in [-0.3, -0.25) is 5.84 Å². The third-order valence-electron chi connectivity index (χ3n) is 2.37. The van der Waals surface area contributed by atoms with Crippen LogP contribution in [0.1, 0.15) is 6.92 Å². The molecule has 0 saturated heterocycles. The Morgan fingerprint density at radius 3 is 2.56 bits per heavy atom. The summed E-state index contributed by atoms with van der Waals surface area (Å²) < 4.78 is 6.50. The largest absolute Gasteiger partial charge is 0.365 e. The van der Waals surface area contributed by atoms with Crippen LogP contribution in [0.4, 0.5) is 5.69 Å². The zero-order chi connectivity index (χ0) is 11.5. The standard InChI is InChI=1S/C11H13N3O2/c1-2-14-7-10(11(15)16-14)8-3-5-9(13-12)6-4-8/h3-7,13H,2,12H2,1H3. The van der Waals surface area contributed by atoms with E-state index in [1.807, 2.05) is 19.1 Å². The lowest BCUT2D eigenvalue weighted by molar-refractivity contribution is 0.260. The fourth-order valence-corrected chi connectivity index (χ4v) is 1.47. The minimum atomic E-state index is -0.324. The summed E-state index contributed by atoms with van der Waals surface area (Å²) in [7, 11) is 0. The predicted octanol–water partition coefficient (Wildman–Crippen LogP) is 1.41. The number of aromatic nitrogens is 1. The second kappa shape index (κ2) is 4.24. The van der Waals surface area contributed by atoms with E-state index in [0.717, 1.165) is 11.3 Å². The molecule has 1 aromatic heterocycles. The van der Waals surface area contributed by atoms with Gasteiger partial charge in [0.1, 0.15) is 0 Å². The fourth-order valence-electron chi connectivity index (χ4n) is 1.47. The Labute approximate surface area is 92.4 Å². The Morgan fingerprint density at radius 1 is 1.38 bits per heavy atom. The van der Waals surface area contributed by atoms with Crippen molar-refractivity contribution in [3.8, 4) is 11.1 Å². The maximum atomic E-state index is 11.5. The van der Waals surface area contributed by atoms with E-state index in [9.17, 15) is 4.79 Å². The molecule has 0 spiro atoms. The minimum absolute atomic E-state index is 0.324. The third kappa shape index (κ3) is 1.85. The lowest BCUT2D eigenvalue weighted by Crippen LogP contribution is -2.06. The quantitative estimate of drug-likeness (QED) is 0.604. The average molecular weight is 219 g/mol. The lowest BCUT2D eigenvalue weighted by atomic mass is 10.1. The highest BCUT2D eigenvalue weighted by molar-refractivity contribution is 5.64. The minimum Gasteiger partial charge on any atom is -0.336 e. The number of hydrogen-bond acceptors (Lipinski definition) is 4. The molecule has 0 amide bonds. The van der Waals surface area contributed by atoms with Gasteiger partial charge in [-0.05, 0) is 24.6 Å². The molecule has 16 heavy (non-hydrogen) atoms. The summed E-state index contributed by atoms with van der Waals surface area (Å²) in [4.78, 5) is 11.5. The highest BCUT2D eigenvalue weighted by Crippen LogP contribution is 2.18. The van der Waals surface area contributed by atoms with Gasteiger partial charge in [-0.2, -0.15) is 0 Å². The number of nitrogen functional groups attached to an aromatic ring is 1. The van der Waals surface area contributed by atoms with Gasteiger partial charge >= 0.3 is 5.63 Å². The van der Waals surface area contributed by atoms with Crippen LogP contribution >= 0.6 is 0 Å². The predicted molar refractivity (Wildman–Crippen MR) is 61.9 cm³/mol. The van der Waals surface area contributed by atoms with Crippen molar-refractivity contribution in [1.82, 2.24) is 4.74 Å². The Morgan fingerprint density at radius 2 is 2.06 bits per heavy atom. The number of nitrogens with zero attached hydrogens (tertiary/aromatic N) is 1. The summed E-state index contributed by atoms with van der Waals surface area (Å²) in [6.07, 6.45) is 1.70. The number of nitrogens with one attached hydrogen (secondary N) is 1. The van der Waals surface area contributed by atoms with Gasteiger partial charge in [0.05, 0.1) is 18.3 Å². The van der Waals surface area contributed by atoms with Crippen LogP contribution in [-0.2, 0) is 6.54 Å². The summed E-state index contributed by atoms with van der Waals surface area (Å²) in [5.41, 5.74) is 4.38. The number of nitrogens with two attached hydrogens (primary N) is 1. The van der Waals surface area contributed by atoms with Crippen molar-refractivity contribution in [3.05, 3.63) is 40.9 Å². The Kier molecular flexibility index (Phi) is 2.78. The molecule has 5 heteroatoms. The zero-order valence-corrected chi connectivity index (χ0v) is 8.93. The molecule has 0 aliphatic carbocycles. The molecule has 0 saturated carbocycles. The van der Waals surface area contributed by atoms with Crippen LogP contribution in [0.2, 0.25) is 0 Å². The van der Waals surface area contributed by atoms with Crippen LogP contribution in [0.5, 0.6) is 0 Å². The van der Waals surface area contributed by atoms with Gasteiger partial charge < -0.3 is 9.95 Å². The zero-order valence-electron chi connectivity index (χ0n) is 8.93. The van der Waals surface area contributed by atoms with Crippen LogP contribution < -0.4 is 16.9 Å². The van der Waals surface area contributed by atoms with E-state index in [-0.39, 0.29) is 5.63 Å². The van der Waals surface area contributed by atoms with Crippen molar-refractivity contribution in [2.24, 2.45) is 5.84 Å². The van der Waals surface area contributed by atoms with Gasteiger partial charge in [-0.1, -0.05) is 12.1 Å². The molecule has 0 aliphatic rings. The van der Waals surface area contributed by atoms with E-state index in [1.54, 1.807) is 18.3 Å². The second-order valence-corrected chi connectivity index (χ2v) is 3.38. The Hall–Kier alpha value is -2.01. The molecule has 0 atom stereocenters. The maximum Gasteiger partial charge on any atom is 0.365 e. The molecule has 2 aromatic rings. The average Bonchev–Trinajstić information content (AvgIpc) is 2.71. The first-order valence-electron chi connectivity index (χ1n) is 5.02. The number of rotatable bonds is 3. The number of benzene rings is 1. The van der Waals surface area contributed by atoms with Gasteiger partial charge in [-0.25, -0.2) is 9.53 Å². The van der Waals surface area contributed by atoms with Crippen molar-refractivity contribution in [1.29, 1.82) is 0 Å². The first kappa shape index (κ1) is 10.5. The molecule has 1 aromatic carbocycles. The van der Waals surface area contributed by atoms with Gasteiger partial charge in [0.25, 0.3) is 0 Å². The molecule has 5 nitrogen and oxygen atoms in total. The first-order valence-corrected chi connectivity index (χ1v) is 5.02. The molecule has 0 aliphatic heterocycles. The molecule has 2 rings (SSSR count). The highest BCUT2D eigenvalue weighted by atomic mass is 16.5. The fraction of sp³-hybridized carbons (Fsp3) is 0.182. The van der Waals surface area contributed by atoms with E-state index in [2.05, 4.69) is 5.43 Å². The molecule has 0 unspecified atom stereocenters. The molecule has 0 bridgehead atoms. The summed E-state index contributed by atoms with van der Waals surface area (Å²) in [6.45, 7) is 2.55. The van der Waals surface area contributed by atoms with E-state index in [1.165, 1.54) is 4.74 Å². The summed E-state index contributed by atoms with van der Waals surface area (Å²) >= 11 is 0. The van der Waals surface area contributed by atoms with Crippen LogP contribution in [0, 0.1) is 0 Å². The van der Waals surface area contributed by atoms with Gasteiger partial charge in [0, 0.05) is 5.69 Å². The van der Waals surface area contributed by atoms with Crippen molar-refractivity contribution in [2.75, 3.05) is 5.43 Å². The number of hydrogen-bond donors (Lipinski definition) is 2. The molecule has 0 fully saturated rings. The molecule has 3 N–H and O–H groups in total. The van der Waals surface area contributed by atoms with E-state index >= 15 is 0 Å². The number of hydrazine groups is 1. The Balaban J connectivity index is 2.42. The van der Waals surface area contributed by atoms with E-state index in [0.29, 0.717) is 12.1 Å². The van der Waals surface area contributed by atoms with Crippen LogP contribution in [0.3, 0.4) is 0 Å². The topological polar surface area (TPSA) is 73.2 Å². The molecular weight excluding hydrogens is 206 g/mol. The monoisotopic (exact) mass is 219 g/mol. The molecular formula is C11H13N3O2. The second-order valence-electron chi connectivity index (χ2n) is 3.38. The Bertz CT molecular complexity index is 525. The number of aryl methyl sites for hydroxylation is 1. The summed E-state index contributed by atoms with van der Waals surface area (Å²) in [5, 5.41) is 0. The normalized spacial score (nSPS) is 10.4. The van der Waals surface area contributed by atoms with Gasteiger partial charge in [0.15, 0.2) is 0 Å². The van der Waals surface area contributed by atoms with Gasteiger partial charge in [0.2, 0.25) is 0 Å². The molecule has 84 valence electrons. The summed E-state index contributed by atoms with van der Waals surface area (Å²) in [6, 6.07) is 7.25. The van der Waals surface area contributed by atoms with Crippen LogP contribution in [0.25, 0.3) is 11.1 Å². The molecule has 1 heterocycles. The molecule has 0 radical (unpaired) electrons. The smallest absolute Gasteiger partial charge is 0.336 e. The van der Waals surface area contributed by atoms with E-state index < -0.39 is 0 Å². The number of anilines is 1. The third-order valence-corrected chi connectivity index (χ3v) is 2.37. The SMILES string of the molecule is CCn1cc(-c2ccc(NN)cc2)c(=O)o1. The highest BCUT2D eigenvalue weighted by Gasteiger charge is 2.08. The van der Waals surface area contributed by atoms with Crippen molar-refractivity contribution >= 4 is 5.69 Å². The lowest BCUT2D eigenvalue weighted by Gasteiger charge is -1.99. The van der Waals surface area contributed by atoms with Gasteiger partial charge in [-0.15, -0.1) is 0 Å². The van der Waals surface area contributed by atoms with Crippen molar-refractivity contribution in [3.63, 3.8) is 0 Å². The maximum absolute atomic E-state index is 11.5. The van der Waals surface area contributed by atoms with Crippen molar-refractivity contribution < 1.29 is 4.52 Å².